The average molecular weight is 372 g/mol. The number of nitrogens with zero attached hydrogens (tertiary/aromatic N) is 1. The van der Waals surface area contributed by atoms with Crippen LogP contribution in [0.25, 0.3) is 0 Å². The summed E-state index contributed by atoms with van der Waals surface area (Å²) in [6, 6.07) is 5.12. The Kier molecular flexibility index (Phi) is 5.78. The molecule has 1 N–H and O–H groups in total. The molecule has 2 atom stereocenters. The maximum Gasteiger partial charge on any atom is 0.233 e. The van der Waals surface area contributed by atoms with Crippen molar-refractivity contribution in [2.24, 2.45) is 11.8 Å². The van der Waals surface area contributed by atoms with Crippen molar-refractivity contribution in [3.63, 3.8) is 0 Å². The maximum absolute atomic E-state index is 12.4. The predicted molar refractivity (Wildman–Crippen MR) is 99.5 cm³/mol. The van der Waals surface area contributed by atoms with Crippen LogP contribution < -0.4 is 14.8 Å². The molecule has 7 heteroatoms. The Labute approximate surface area is 158 Å². The number of rotatable bonds is 7. The van der Waals surface area contributed by atoms with Gasteiger partial charge in [0.05, 0.1) is 26.1 Å². The van der Waals surface area contributed by atoms with Crippen LogP contribution in [0, 0.1) is 11.8 Å². The number of fused-ring (bicyclic) bond motifs is 1. The Morgan fingerprint density at radius 1 is 1.07 bits per heavy atom. The van der Waals surface area contributed by atoms with Crippen molar-refractivity contribution in [3.05, 3.63) is 30.4 Å². The Bertz CT molecular complexity index is 748. The number of benzene rings is 1. The Morgan fingerprint density at radius 3 is 2.30 bits per heavy atom. The number of carbonyl (C=O) groups is 3. The van der Waals surface area contributed by atoms with Gasteiger partial charge in [-0.1, -0.05) is 12.2 Å². The number of nitrogens with one attached hydrogen (secondary N) is 1. The maximum atomic E-state index is 12.4. The quantitative estimate of drug-likeness (QED) is 0.587. The van der Waals surface area contributed by atoms with Gasteiger partial charge in [0.2, 0.25) is 17.7 Å². The third-order valence-electron chi connectivity index (χ3n) is 5.05. The first-order valence-corrected chi connectivity index (χ1v) is 9.07. The van der Waals surface area contributed by atoms with Gasteiger partial charge in [-0.15, -0.1) is 0 Å². The van der Waals surface area contributed by atoms with Crippen LogP contribution in [0.15, 0.2) is 30.4 Å². The lowest BCUT2D eigenvalue weighted by Crippen LogP contribution is -2.32. The standard InChI is InChI=1S/C20H24N2O5/c1-26-16-10-9-13(12-17(16)27-2)21-18(23)8-5-11-22-19(24)14-6-3-4-7-15(14)20(22)25/h3-4,9-10,12,14-15H,5-8,11H2,1-2H3,(H,21,23)/t14-,15-/m1/s1. The number of methoxy groups -OCH3 is 2. The van der Waals surface area contributed by atoms with Crippen molar-refractivity contribution in [1.82, 2.24) is 4.90 Å². The summed E-state index contributed by atoms with van der Waals surface area (Å²) in [5.41, 5.74) is 0.600. The summed E-state index contributed by atoms with van der Waals surface area (Å²) in [7, 11) is 3.07. The zero-order valence-electron chi connectivity index (χ0n) is 15.6. The van der Waals surface area contributed by atoms with Crippen LogP contribution in [-0.2, 0) is 14.4 Å². The molecular formula is C20H24N2O5. The van der Waals surface area contributed by atoms with Gasteiger partial charge in [-0.05, 0) is 31.4 Å². The molecule has 1 saturated heterocycles. The molecule has 1 aromatic carbocycles. The van der Waals surface area contributed by atoms with Crippen LogP contribution in [0.4, 0.5) is 5.69 Å². The molecule has 144 valence electrons. The Balaban J connectivity index is 1.50. The Hall–Kier alpha value is -2.83. The molecule has 1 aromatic rings. The fraction of sp³-hybridized carbons (Fsp3) is 0.450. The number of carbonyl (C=O) groups excluding carboxylic acids is 3. The normalized spacial score (nSPS) is 21.2. The first-order valence-electron chi connectivity index (χ1n) is 9.07. The second kappa shape index (κ2) is 8.24. The molecule has 3 amide bonds. The molecule has 0 saturated carbocycles. The number of imide groups is 1. The van der Waals surface area contributed by atoms with Crippen LogP contribution in [0.5, 0.6) is 11.5 Å². The van der Waals surface area contributed by atoms with Crippen molar-refractivity contribution in [2.75, 3.05) is 26.1 Å². The lowest BCUT2D eigenvalue weighted by Gasteiger charge is -2.14. The molecule has 0 spiro atoms. The average Bonchev–Trinajstić information content (AvgIpc) is 2.93. The lowest BCUT2D eigenvalue weighted by atomic mass is 9.85. The molecule has 1 heterocycles. The number of hydrogen-bond acceptors (Lipinski definition) is 5. The van der Waals surface area contributed by atoms with Crippen molar-refractivity contribution in [1.29, 1.82) is 0 Å². The van der Waals surface area contributed by atoms with Gasteiger partial charge in [-0.2, -0.15) is 0 Å². The molecule has 0 bridgehead atoms. The summed E-state index contributed by atoms with van der Waals surface area (Å²) < 4.78 is 10.4. The topological polar surface area (TPSA) is 84.9 Å². The third-order valence-corrected chi connectivity index (χ3v) is 5.05. The third kappa shape index (κ3) is 3.97. The van der Waals surface area contributed by atoms with Crippen LogP contribution in [0.1, 0.15) is 25.7 Å². The fourth-order valence-corrected chi connectivity index (χ4v) is 3.62. The van der Waals surface area contributed by atoms with Gasteiger partial charge < -0.3 is 14.8 Å². The van der Waals surface area contributed by atoms with Crippen LogP contribution >= 0.6 is 0 Å². The van der Waals surface area contributed by atoms with E-state index in [1.807, 2.05) is 12.2 Å². The lowest BCUT2D eigenvalue weighted by molar-refractivity contribution is -0.140. The van der Waals surface area contributed by atoms with Crippen LogP contribution in [0.2, 0.25) is 0 Å². The van der Waals surface area contributed by atoms with Gasteiger partial charge >= 0.3 is 0 Å². The molecule has 1 aliphatic carbocycles. The van der Waals surface area contributed by atoms with Gasteiger partial charge in [0.15, 0.2) is 11.5 Å². The van der Waals surface area contributed by atoms with E-state index in [1.54, 1.807) is 25.3 Å². The van der Waals surface area contributed by atoms with Crippen molar-refractivity contribution < 1.29 is 23.9 Å². The molecule has 7 nitrogen and oxygen atoms in total. The van der Waals surface area contributed by atoms with E-state index in [2.05, 4.69) is 5.32 Å². The highest BCUT2D eigenvalue weighted by molar-refractivity contribution is 6.05. The summed E-state index contributed by atoms with van der Waals surface area (Å²) >= 11 is 0. The number of amides is 3. The first-order chi connectivity index (χ1) is 13.0. The zero-order chi connectivity index (χ0) is 19.4. The van der Waals surface area contributed by atoms with Gasteiger partial charge in [0.25, 0.3) is 0 Å². The predicted octanol–water partition coefficient (Wildman–Crippen LogP) is 2.37. The number of allylic oxidation sites excluding steroid dienone is 2. The van der Waals surface area contributed by atoms with E-state index in [4.69, 9.17) is 9.47 Å². The minimum Gasteiger partial charge on any atom is -0.493 e. The molecule has 0 aromatic heterocycles. The smallest absolute Gasteiger partial charge is 0.233 e. The number of anilines is 1. The molecule has 0 radical (unpaired) electrons. The second-order valence-corrected chi connectivity index (χ2v) is 6.71. The SMILES string of the molecule is COc1ccc(NC(=O)CCCN2C(=O)[C@@H]3CC=CC[C@H]3C2=O)cc1OC. The van der Waals surface area contributed by atoms with Crippen LogP contribution in [-0.4, -0.2) is 43.4 Å². The van der Waals surface area contributed by atoms with Gasteiger partial charge in [-0.25, -0.2) is 0 Å². The van der Waals surface area contributed by atoms with E-state index >= 15 is 0 Å². The highest BCUT2D eigenvalue weighted by atomic mass is 16.5. The highest BCUT2D eigenvalue weighted by Crippen LogP contribution is 2.35. The fourth-order valence-electron chi connectivity index (χ4n) is 3.62. The minimum atomic E-state index is -0.219. The molecule has 3 rings (SSSR count). The summed E-state index contributed by atoms with van der Waals surface area (Å²) in [5, 5.41) is 2.79. The van der Waals surface area contributed by atoms with E-state index in [9.17, 15) is 14.4 Å². The largest absolute Gasteiger partial charge is 0.493 e. The van der Waals surface area contributed by atoms with Crippen molar-refractivity contribution in [3.8, 4) is 11.5 Å². The molecule has 0 unspecified atom stereocenters. The number of likely N-dealkylation sites (tertiary alicyclic amines) is 1. The summed E-state index contributed by atoms with van der Waals surface area (Å²) in [6.45, 7) is 0.282. The van der Waals surface area contributed by atoms with Crippen LogP contribution in [0.3, 0.4) is 0 Å². The Morgan fingerprint density at radius 2 is 1.70 bits per heavy atom. The molecule has 1 aliphatic heterocycles. The van der Waals surface area contributed by atoms with Gasteiger partial charge in [0, 0.05) is 24.7 Å². The second-order valence-electron chi connectivity index (χ2n) is 6.71. The van der Waals surface area contributed by atoms with E-state index < -0.39 is 0 Å². The molecular weight excluding hydrogens is 348 g/mol. The van der Waals surface area contributed by atoms with Crippen molar-refractivity contribution in [2.45, 2.75) is 25.7 Å². The molecule has 2 aliphatic rings. The first kappa shape index (κ1) is 18.9. The summed E-state index contributed by atoms with van der Waals surface area (Å²) in [6.07, 6.45) is 5.85. The monoisotopic (exact) mass is 372 g/mol. The summed E-state index contributed by atoms with van der Waals surface area (Å²) in [4.78, 5) is 38.3. The van der Waals surface area contributed by atoms with E-state index in [1.165, 1.54) is 12.0 Å². The van der Waals surface area contributed by atoms with Gasteiger partial charge in [-0.3, -0.25) is 19.3 Å². The molecule has 27 heavy (non-hydrogen) atoms. The number of ether oxygens (including phenoxy) is 2. The van der Waals surface area contributed by atoms with Gasteiger partial charge in [0.1, 0.15) is 0 Å². The minimum absolute atomic E-state index is 0.102. The molecule has 1 fully saturated rings. The summed E-state index contributed by atoms with van der Waals surface area (Å²) in [5.74, 6) is 0.285. The van der Waals surface area contributed by atoms with E-state index in [0.717, 1.165) is 0 Å². The zero-order valence-corrected chi connectivity index (χ0v) is 15.6. The highest BCUT2D eigenvalue weighted by Gasteiger charge is 2.46. The van der Waals surface area contributed by atoms with E-state index in [-0.39, 0.29) is 42.5 Å². The number of hydrogen-bond donors (Lipinski definition) is 1. The van der Waals surface area contributed by atoms with E-state index in [0.29, 0.717) is 36.4 Å². The van der Waals surface area contributed by atoms with Crippen molar-refractivity contribution >= 4 is 23.4 Å².